The lowest BCUT2D eigenvalue weighted by Crippen LogP contribution is -2.57. The first-order valence-electron chi connectivity index (χ1n) is 5.99. The lowest BCUT2D eigenvalue weighted by molar-refractivity contribution is -0.275. The molecule has 2 unspecified atom stereocenters. The third kappa shape index (κ3) is 3.53. The minimum Gasteiger partial charge on any atom is -0.378 e. The molecule has 1 rings (SSSR count). The van der Waals surface area contributed by atoms with Crippen LogP contribution in [0.2, 0.25) is 0 Å². The Morgan fingerprint density at radius 2 is 1.81 bits per heavy atom. The van der Waals surface area contributed by atoms with Gasteiger partial charge in [-0.3, -0.25) is 9.59 Å². The van der Waals surface area contributed by atoms with Crippen molar-refractivity contribution in [3.8, 4) is 0 Å². The zero-order valence-corrected chi connectivity index (χ0v) is 12.5. The maximum Gasteiger partial charge on any atom is 0.463 e. The number of hydrogen-bond acceptors (Lipinski definition) is 3. The fourth-order valence-electron chi connectivity index (χ4n) is 2.09. The topological polar surface area (TPSA) is 46.6 Å². The van der Waals surface area contributed by atoms with Crippen LogP contribution in [0.15, 0.2) is 0 Å². The van der Waals surface area contributed by atoms with Crippen molar-refractivity contribution in [1.29, 1.82) is 0 Å². The standard InChI is InChI=1S/C11H13BrF5NO3/c1-2-18(9(20)10(13,14)11(15,16)17)7-5-21-4-6(7)8(19)3-12/h6-7H,2-5H2,1H3. The van der Waals surface area contributed by atoms with Crippen molar-refractivity contribution in [1.82, 2.24) is 4.90 Å². The number of alkyl halides is 6. The average Bonchev–Trinajstić information content (AvgIpc) is 2.86. The van der Waals surface area contributed by atoms with Crippen molar-refractivity contribution in [3.05, 3.63) is 0 Å². The first-order chi connectivity index (χ1) is 9.57. The van der Waals surface area contributed by atoms with Crippen LogP contribution in [0.1, 0.15) is 6.92 Å². The van der Waals surface area contributed by atoms with Crippen molar-refractivity contribution in [3.63, 3.8) is 0 Å². The van der Waals surface area contributed by atoms with Crippen LogP contribution in [0.4, 0.5) is 22.0 Å². The van der Waals surface area contributed by atoms with Crippen LogP contribution in [0.25, 0.3) is 0 Å². The van der Waals surface area contributed by atoms with Crippen molar-refractivity contribution < 1.29 is 36.3 Å². The van der Waals surface area contributed by atoms with Crippen LogP contribution >= 0.6 is 15.9 Å². The smallest absolute Gasteiger partial charge is 0.378 e. The minimum atomic E-state index is -5.98. The summed E-state index contributed by atoms with van der Waals surface area (Å²) >= 11 is 2.89. The Labute approximate surface area is 125 Å². The molecule has 21 heavy (non-hydrogen) atoms. The first-order valence-corrected chi connectivity index (χ1v) is 7.12. The van der Waals surface area contributed by atoms with Gasteiger partial charge in [0.1, 0.15) is 0 Å². The number of hydrogen-bond donors (Lipinski definition) is 0. The quantitative estimate of drug-likeness (QED) is 0.540. The zero-order chi connectivity index (χ0) is 16.4. The molecule has 1 saturated heterocycles. The molecule has 0 radical (unpaired) electrons. The molecule has 1 aliphatic heterocycles. The Balaban J connectivity index is 3.02. The van der Waals surface area contributed by atoms with Crippen molar-refractivity contribution >= 4 is 27.6 Å². The molecule has 1 fully saturated rings. The predicted octanol–water partition coefficient (Wildman–Crippen LogP) is 2.01. The van der Waals surface area contributed by atoms with E-state index in [1.807, 2.05) is 0 Å². The summed E-state index contributed by atoms with van der Waals surface area (Å²) in [6.45, 7) is 0.510. The van der Waals surface area contributed by atoms with Gasteiger partial charge in [-0.1, -0.05) is 15.9 Å². The first kappa shape index (κ1) is 18.3. The highest BCUT2D eigenvalue weighted by molar-refractivity contribution is 9.09. The number of rotatable bonds is 5. The summed E-state index contributed by atoms with van der Waals surface area (Å²) < 4.78 is 68.2. The number of ketones is 1. The summed E-state index contributed by atoms with van der Waals surface area (Å²) in [7, 11) is 0. The fourth-order valence-corrected chi connectivity index (χ4v) is 2.50. The van der Waals surface area contributed by atoms with E-state index in [0.717, 1.165) is 0 Å². The van der Waals surface area contributed by atoms with E-state index >= 15 is 0 Å². The Bertz CT molecular complexity index is 415. The molecular formula is C11H13BrF5NO3. The van der Waals surface area contributed by atoms with E-state index in [9.17, 15) is 31.5 Å². The third-order valence-electron chi connectivity index (χ3n) is 3.22. The highest BCUT2D eigenvalue weighted by atomic mass is 79.9. The Morgan fingerprint density at radius 1 is 1.24 bits per heavy atom. The number of halogens is 6. The molecular weight excluding hydrogens is 369 g/mol. The second kappa shape index (κ2) is 6.55. The van der Waals surface area contributed by atoms with Gasteiger partial charge in [0.15, 0.2) is 5.78 Å². The van der Waals surface area contributed by atoms with Crippen LogP contribution in [0.5, 0.6) is 0 Å². The Morgan fingerprint density at radius 3 is 2.24 bits per heavy atom. The van der Waals surface area contributed by atoms with Crippen LogP contribution < -0.4 is 0 Å². The maximum absolute atomic E-state index is 13.2. The molecule has 1 amide bonds. The molecule has 0 aromatic carbocycles. The molecule has 2 atom stereocenters. The van der Waals surface area contributed by atoms with E-state index in [2.05, 4.69) is 15.9 Å². The van der Waals surface area contributed by atoms with E-state index in [4.69, 9.17) is 4.74 Å². The monoisotopic (exact) mass is 381 g/mol. The van der Waals surface area contributed by atoms with Crippen molar-refractivity contribution in [2.75, 3.05) is 25.1 Å². The number of nitrogens with zero attached hydrogens (tertiary/aromatic N) is 1. The van der Waals surface area contributed by atoms with Crippen LogP contribution in [-0.4, -0.2) is 59.8 Å². The minimum absolute atomic E-state index is 0.0983. The van der Waals surface area contributed by atoms with E-state index < -0.39 is 35.7 Å². The van der Waals surface area contributed by atoms with E-state index in [1.165, 1.54) is 6.92 Å². The SMILES string of the molecule is CCN(C(=O)C(F)(F)C(F)(F)F)C1COCC1C(=O)CBr. The summed E-state index contributed by atoms with van der Waals surface area (Å²) in [4.78, 5) is 23.6. The van der Waals surface area contributed by atoms with Gasteiger partial charge < -0.3 is 9.64 Å². The van der Waals surface area contributed by atoms with Gasteiger partial charge in [-0.2, -0.15) is 22.0 Å². The van der Waals surface area contributed by atoms with E-state index in [0.29, 0.717) is 4.90 Å². The van der Waals surface area contributed by atoms with E-state index in [1.54, 1.807) is 0 Å². The predicted molar refractivity (Wildman–Crippen MR) is 65.3 cm³/mol. The number of carbonyl (C=O) groups is 2. The largest absolute Gasteiger partial charge is 0.463 e. The number of amides is 1. The third-order valence-corrected chi connectivity index (χ3v) is 3.77. The Kier molecular flexibility index (Phi) is 5.70. The van der Waals surface area contributed by atoms with Gasteiger partial charge in [0.05, 0.1) is 30.5 Å². The van der Waals surface area contributed by atoms with Crippen LogP contribution in [-0.2, 0) is 14.3 Å². The molecule has 0 aromatic heterocycles. The summed E-state index contributed by atoms with van der Waals surface area (Å²) in [5, 5.41) is -0.0983. The van der Waals surface area contributed by atoms with Gasteiger partial charge in [0.25, 0.3) is 0 Å². The number of Topliss-reactive ketones (excluding diaryl/α,β-unsaturated/α-hetero) is 1. The van der Waals surface area contributed by atoms with Crippen LogP contribution in [0.3, 0.4) is 0 Å². The molecule has 1 heterocycles. The lowest BCUT2D eigenvalue weighted by Gasteiger charge is -2.33. The van der Waals surface area contributed by atoms with Gasteiger partial charge in [-0.25, -0.2) is 0 Å². The summed E-state index contributed by atoms with van der Waals surface area (Å²) in [5.74, 6) is -9.19. The molecule has 0 bridgehead atoms. The molecule has 4 nitrogen and oxygen atoms in total. The lowest BCUT2D eigenvalue weighted by atomic mass is 9.97. The van der Waals surface area contributed by atoms with Crippen molar-refractivity contribution in [2.24, 2.45) is 5.92 Å². The van der Waals surface area contributed by atoms with Gasteiger partial charge in [-0.05, 0) is 6.92 Å². The van der Waals surface area contributed by atoms with Gasteiger partial charge >= 0.3 is 18.0 Å². The summed E-state index contributed by atoms with van der Waals surface area (Å²) in [6, 6.07) is -1.12. The number of carbonyl (C=O) groups excluding carboxylic acids is 2. The molecule has 1 aliphatic rings. The molecule has 0 N–H and O–H groups in total. The average molecular weight is 382 g/mol. The molecule has 122 valence electrons. The second-order valence-electron chi connectivity index (χ2n) is 4.47. The normalized spacial score (nSPS) is 23.2. The molecule has 10 heteroatoms. The second-order valence-corrected chi connectivity index (χ2v) is 5.04. The van der Waals surface area contributed by atoms with E-state index in [-0.39, 0.29) is 25.1 Å². The summed E-state index contributed by atoms with van der Waals surface area (Å²) in [6.07, 6.45) is -5.98. The van der Waals surface area contributed by atoms with Gasteiger partial charge in [-0.15, -0.1) is 0 Å². The van der Waals surface area contributed by atoms with Gasteiger partial charge in [0.2, 0.25) is 0 Å². The molecule has 0 aromatic rings. The fraction of sp³-hybridized carbons (Fsp3) is 0.818. The summed E-state index contributed by atoms with van der Waals surface area (Å²) in [5.41, 5.74) is 0. The highest BCUT2D eigenvalue weighted by Gasteiger charge is 2.65. The van der Waals surface area contributed by atoms with Crippen LogP contribution in [0, 0.1) is 5.92 Å². The highest BCUT2D eigenvalue weighted by Crippen LogP contribution is 2.38. The molecule has 0 aliphatic carbocycles. The Hall–Kier alpha value is -0.770. The number of likely N-dealkylation sites (N-methyl/N-ethyl adjacent to an activating group) is 1. The zero-order valence-electron chi connectivity index (χ0n) is 10.9. The molecule has 0 saturated carbocycles. The van der Waals surface area contributed by atoms with Crippen molar-refractivity contribution in [2.45, 2.75) is 25.1 Å². The molecule has 0 spiro atoms. The maximum atomic E-state index is 13.2. The number of ether oxygens (including phenoxy) is 1. The van der Waals surface area contributed by atoms with Gasteiger partial charge in [0, 0.05) is 6.54 Å².